The van der Waals surface area contributed by atoms with Gasteiger partial charge in [-0.2, -0.15) is 21.6 Å². The number of halogens is 4. The minimum atomic E-state index is -5.07. The average Bonchev–Trinajstić information content (AvgIpc) is 2.59. The summed E-state index contributed by atoms with van der Waals surface area (Å²) in [6.07, 6.45) is -5.07. The maximum atomic E-state index is 13.6. The molecule has 0 bridgehead atoms. The van der Waals surface area contributed by atoms with Crippen LogP contribution >= 0.6 is 15.9 Å². The summed E-state index contributed by atoms with van der Waals surface area (Å²) < 4.78 is 75.0. The molecule has 0 saturated heterocycles. The van der Waals surface area contributed by atoms with Crippen molar-refractivity contribution in [2.45, 2.75) is 44.4 Å². The molecule has 0 aliphatic heterocycles. The minimum Gasteiger partial charge on any atom is -0.456 e. The van der Waals surface area contributed by atoms with Crippen LogP contribution in [0.3, 0.4) is 0 Å². The Kier molecular flexibility index (Phi) is 7.21. The van der Waals surface area contributed by atoms with Crippen LogP contribution in [0.25, 0.3) is 0 Å². The number of carbonyl (C=O) groups excluding carboxylic acids is 1. The van der Waals surface area contributed by atoms with E-state index in [9.17, 15) is 26.4 Å². The number of benzene rings is 2. The highest BCUT2D eigenvalue weighted by Crippen LogP contribution is 2.27. The zero-order valence-corrected chi connectivity index (χ0v) is 19.4. The van der Waals surface area contributed by atoms with E-state index in [0.29, 0.717) is 0 Å². The van der Waals surface area contributed by atoms with Crippen molar-refractivity contribution in [3.63, 3.8) is 0 Å². The Bertz CT molecular complexity index is 1110. The van der Waals surface area contributed by atoms with Crippen molar-refractivity contribution in [2.75, 3.05) is 0 Å². The standard InChI is InChI=1S/C20H19BrF3NO5S/c1-12-5-7-16(8-6-12)31(27,28)30-25-17(20(22,23)24)13-9-14(11-15(21)10-13)18(26)29-19(2,3)4/h5-11H,1-4H3. The van der Waals surface area contributed by atoms with Gasteiger partial charge in [-0.05, 0) is 58.0 Å². The molecule has 0 aliphatic carbocycles. The van der Waals surface area contributed by atoms with Gasteiger partial charge in [-0.3, -0.25) is 4.28 Å². The van der Waals surface area contributed by atoms with Crippen LogP contribution in [0.4, 0.5) is 13.2 Å². The number of rotatable bonds is 5. The minimum absolute atomic E-state index is 0.129. The highest BCUT2D eigenvalue weighted by Gasteiger charge is 2.39. The smallest absolute Gasteiger partial charge is 0.437 e. The zero-order valence-electron chi connectivity index (χ0n) is 17.0. The number of nitrogens with zero attached hydrogens (tertiary/aromatic N) is 1. The van der Waals surface area contributed by atoms with Crippen LogP contribution in [-0.4, -0.2) is 31.9 Å². The van der Waals surface area contributed by atoms with E-state index in [4.69, 9.17) is 4.74 Å². The molecule has 0 aliphatic rings. The third-order valence-electron chi connectivity index (χ3n) is 3.61. The Labute approximate surface area is 186 Å². The molecule has 2 rings (SSSR count). The van der Waals surface area contributed by atoms with Crippen molar-refractivity contribution >= 4 is 37.7 Å². The molecule has 11 heteroatoms. The summed E-state index contributed by atoms with van der Waals surface area (Å²) in [5.41, 5.74) is -2.51. The molecule has 0 heterocycles. The lowest BCUT2D eigenvalue weighted by Crippen LogP contribution is -2.26. The van der Waals surface area contributed by atoms with Crippen LogP contribution in [0.5, 0.6) is 0 Å². The number of oxime groups is 1. The first-order valence-electron chi connectivity index (χ1n) is 8.78. The Morgan fingerprint density at radius 2 is 1.55 bits per heavy atom. The van der Waals surface area contributed by atoms with Gasteiger partial charge < -0.3 is 4.74 Å². The number of hydrogen-bond acceptors (Lipinski definition) is 6. The van der Waals surface area contributed by atoms with Gasteiger partial charge in [0.1, 0.15) is 10.5 Å². The molecule has 0 aromatic heterocycles. The second-order valence-corrected chi connectivity index (χ2v) is 9.95. The van der Waals surface area contributed by atoms with E-state index in [0.717, 1.165) is 17.7 Å². The van der Waals surface area contributed by atoms with E-state index < -0.39 is 39.1 Å². The van der Waals surface area contributed by atoms with Gasteiger partial charge in [0.05, 0.1) is 5.56 Å². The monoisotopic (exact) mass is 521 g/mol. The lowest BCUT2D eigenvalue weighted by Gasteiger charge is -2.20. The number of aryl methyl sites for hydroxylation is 1. The van der Waals surface area contributed by atoms with Gasteiger partial charge in [0.2, 0.25) is 0 Å². The van der Waals surface area contributed by atoms with Crippen LogP contribution in [-0.2, 0) is 19.1 Å². The number of esters is 1. The van der Waals surface area contributed by atoms with E-state index in [1.54, 1.807) is 27.7 Å². The molecule has 2 aromatic rings. The molecule has 6 nitrogen and oxygen atoms in total. The number of alkyl halides is 3. The summed E-state index contributed by atoms with van der Waals surface area (Å²) in [6.45, 7) is 6.54. The summed E-state index contributed by atoms with van der Waals surface area (Å²) in [7, 11) is -4.59. The molecule has 168 valence electrons. The van der Waals surface area contributed by atoms with Gasteiger partial charge in [0.25, 0.3) is 0 Å². The first-order chi connectivity index (χ1) is 14.1. The molecule has 2 aromatic carbocycles. The maximum Gasteiger partial charge on any atom is 0.437 e. The predicted molar refractivity (Wildman–Crippen MR) is 111 cm³/mol. The van der Waals surface area contributed by atoms with Crippen LogP contribution in [0, 0.1) is 6.92 Å². The van der Waals surface area contributed by atoms with Crippen molar-refractivity contribution in [1.29, 1.82) is 0 Å². The summed E-state index contributed by atoms with van der Waals surface area (Å²) in [4.78, 5) is 11.9. The highest BCUT2D eigenvalue weighted by atomic mass is 79.9. The van der Waals surface area contributed by atoms with Crippen LogP contribution in [0.2, 0.25) is 0 Å². The predicted octanol–water partition coefficient (Wildman–Crippen LogP) is 5.38. The van der Waals surface area contributed by atoms with Gasteiger partial charge in [-0.25, -0.2) is 4.79 Å². The van der Waals surface area contributed by atoms with E-state index in [2.05, 4.69) is 25.4 Å². The van der Waals surface area contributed by atoms with E-state index in [1.807, 2.05) is 0 Å². The lowest BCUT2D eigenvalue weighted by molar-refractivity contribution is -0.0597. The third-order valence-corrected chi connectivity index (χ3v) is 5.19. The van der Waals surface area contributed by atoms with Crippen LogP contribution in [0.1, 0.15) is 42.3 Å². The average molecular weight is 522 g/mol. The highest BCUT2D eigenvalue weighted by molar-refractivity contribution is 9.10. The second kappa shape index (κ2) is 8.99. The van der Waals surface area contributed by atoms with E-state index in [-0.39, 0.29) is 14.9 Å². The van der Waals surface area contributed by atoms with E-state index >= 15 is 0 Å². The van der Waals surface area contributed by atoms with Gasteiger partial charge in [0.15, 0.2) is 5.71 Å². The maximum absolute atomic E-state index is 13.6. The largest absolute Gasteiger partial charge is 0.456 e. The Balaban J connectivity index is 2.47. The number of ether oxygens (including phenoxy) is 1. The quantitative estimate of drug-likeness (QED) is 0.299. The molecule has 0 saturated carbocycles. The fraction of sp³-hybridized carbons (Fsp3) is 0.300. The number of carbonyl (C=O) groups is 1. The van der Waals surface area contributed by atoms with E-state index in [1.165, 1.54) is 30.3 Å². The van der Waals surface area contributed by atoms with Crippen LogP contribution < -0.4 is 0 Å². The van der Waals surface area contributed by atoms with Gasteiger partial charge in [0, 0.05) is 10.0 Å². The van der Waals surface area contributed by atoms with Crippen molar-refractivity contribution in [3.05, 3.63) is 63.6 Å². The topological polar surface area (TPSA) is 82.0 Å². The third kappa shape index (κ3) is 7.06. The summed E-state index contributed by atoms with van der Waals surface area (Å²) in [6, 6.07) is 8.50. The zero-order chi connectivity index (χ0) is 23.6. The van der Waals surface area contributed by atoms with Gasteiger partial charge in [-0.1, -0.05) is 38.8 Å². The fourth-order valence-electron chi connectivity index (χ4n) is 2.28. The summed E-state index contributed by atoms with van der Waals surface area (Å²) >= 11 is 3.04. The first-order valence-corrected chi connectivity index (χ1v) is 11.0. The Morgan fingerprint density at radius 1 is 1.00 bits per heavy atom. The molecule has 0 amide bonds. The Morgan fingerprint density at radius 3 is 2.06 bits per heavy atom. The van der Waals surface area contributed by atoms with Crippen molar-refractivity contribution in [3.8, 4) is 0 Å². The van der Waals surface area contributed by atoms with Gasteiger partial charge >= 0.3 is 22.3 Å². The van der Waals surface area contributed by atoms with Crippen LogP contribution in [0.15, 0.2) is 57.0 Å². The molecular formula is C20H19BrF3NO5S. The van der Waals surface area contributed by atoms with Crippen molar-refractivity contribution in [2.24, 2.45) is 5.16 Å². The molecule has 0 fully saturated rings. The SMILES string of the molecule is Cc1ccc(S(=O)(=O)ON=C(c2cc(Br)cc(C(=O)OC(C)(C)C)c2)C(F)(F)F)cc1. The fourth-order valence-corrected chi connectivity index (χ4v) is 3.51. The molecule has 0 N–H and O–H groups in total. The van der Waals surface area contributed by atoms with Gasteiger partial charge in [-0.15, -0.1) is 0 Å². The summed E-state index contributed by atoms with van der Waals surface area (Å²) in [5.74, 6) is -0.857. The normalized spacial score (nSPS) is 13.1. The Hall–Kier alpha value is -2.40. The second-order valence-electron chi connectivity index (χ2n) is 7.51. The molecule has 0 spiro atoms. The first kappa shape index (κ1) is 24.9. The lowest BCUT2D eigenvalue weighted by atomic mass is 10.1. The van der Waals surface area contributed by atoms with Crippen molar-refractivity contribution in [1.82, 2.24) is 0 Å². The molecule has 31 heavy (non-hydrogen) atoms. The molecule has 0 atom stereocenters. The van der Waals surface area contributed by atoms with Crippen molar-refractivity contribution < 1.29 is 35.4 Å². The molecule has 0 radical (unpaired) electrons. The molecular weight excluding hydrogens is 503 g/mol. The number of hydrogen-bond donors (Lipinski definition) is 0. The summed E-state index contributed by atoms with van der Waals surface area (Å²) in [5, 5.41) is 2.88. The molecule has 0 unspecified atom stereocenters.